The molecule has 0 bridgehead atoms. The minimum atomic E-state index is -4.67. The zero-order chi connectivity index (χ0) is 44.0. The quantitative estimate of drug-likeness (QED) is 0.140. The van der Waals surface area contributed by atoms with Crippen LogP contribution in [0.3, 0.4) is 0 Å². The lowest BCUT2D eigenvalue weighted by atomic mass is 9.89. The Hall–Kier alpha value is -6.30. The molecule has 14 nitrogen and oxygen atoms in total. The molecule has 0 radical (unpaired) electrons. The maximum Gasteiger partial charge on any atom is 0.418 e. The van der Waals surface area contributed by atoms with Crippen LogP contribution in [0.15, 0.2) is 73.1 Å². The van der Waals surface area contributed by atoms with Gasteiger partial charge in [0.2, 0.25) is 5.91 Å². The van der Waals surface area contributed by atoms with E-state index in [1.165, 1.54) is 17.2 Å². The molecule has 4 N–H and O–H groups in total. The monoisotopic (exact) mass is 868 g/mol. The summed E-state index contributed by atoms with van der Waals surface area (Å²) in [6.07, 6.45) is 1.02. The van der Waals surface area contributed by atoms with Gasteiger partial charge in [0.15, 0.2) is 5.82 Å². The number of para-hydroxylation sites is 1. The fourth-order valence-electron chi connectivity index (χ4n) is 9.62. The zero-order valence-electron chi connectivity index (χ0n) is 34.5. The number of piperidine rings is 3. The van der Waals surface area contributed by atoms with Crippen LogP contribution in [-0.4, -0.2) is 111 Å². The van der Waals surface area contributed by atoms with Crippen LogP contribution >= 0.6 is 0 Å². The number of halogens is 4. The van der Waals surface area contributed by atoms with Gasteiger partial charge in [-0.3, -0.25) is 19.8 Å². The fraction of sp³-hybridized carbons (Fsp3) is 0.422. The predicted octanol–water partition coefficient (Wildman–Crippen LogP) is 6.91. The number of hydrogen-bond donors (Lipinski definition) is 3. The molecule has 4 fully saturated rings. The maximum absolute atomic E-state index is 16.4. The molecule has 0 spiro atoms. The summed E-state index contributed by atoms with van der Waals surface area (Å²) in [5.74, 6) is 0.0183. The lowest BCUT2D eigenvalue weighted by molar-refractivity contribution is -0.136. The molecule has 7 heterocycles. The topological polar surface area (TPSA) is 166 Å². The number of fused-ring (bicyclic) bond motifs is 1. The molecule has 18 heteroatoms. The summed E-state index contributed by atoms with van der Waals surface area (Å²) in [6.45, 7) is 3.20. The third-order valence-electron chi connectivity index (χ3n) is 13.1. The van der Waals surface area contributed by atoms with E-state index < -0.39 is 29.3 Å². The first-order chi connectivity index (χ1) is 30.2. The van der Waals surface area contributed by atoms with Crippen LogP contribution in [-0.2, 0) is 11.0 Å². The minimum Gasteiger partial charge on any atom is -0.507 e. The molecule has 3 aromatic heterocycles. The van der Waals surface area contributed by atoms with Crippen LogP contribution in [0.4, 0.5) is 39.5 Å². The fourth-order valence-corrected chi connectivity index (χ4v) is 9.62. The van der Waals surface area contributed by atoms with Crippen LogP contribution in [0, 0.1) is 0 Å². The van der Waals surface area contributed by atoms with Gasteiger partial charge in [0.1, 0.15) is 17.1 Å². The van der Waals surface area contributed by atoms with E-state index in [1.807, 2.05) is 41.3 Å². The van der Waals surface area contributed by atoms with Crippen LogP contribution in [0.25, 0.3) is 22.3 Å². The van der Waals surface area contributed by atoms with Gasteiger partial charge in [-0.15, -0.1) is 10.2 Å². The number of nitrogens with two attached hydrogens (primary N) is 1. The first-order valence-electron chi connectivity index (χ1n) is 21.4. The van der Waals surface area contributed by atoms with Gasteiger partial charge in [0, 0.05) is 106 Å². The second-order valence-corrected chi connectivity index (χ2v) is 17.1. The van der Waals surface area contributed by atoms with Crippen molar-refractivity contribution in [2.24, 2.45) is 0 Å². The van der Waals surface area contributed by atoms with E-state index in [4.69, 9.17) is 5.73 Å². The third-order valence-corrected chi connectivity index (χ3v) is 13.1. The number of phenolic OH excluding ortho intramolecular Hbond substituents is 1. The summed E-state index contributed by atoms with van der Waals surface area (Å²) < 4.78 is 60.8. The van der Waals surface area contributed by atoms with Gasteiger partial charge >= 0.3 is 12.2 Å². The number of nitrogens with one attached hydrogen (secondary N) is 1. The molecule has 4 saturated heterocycles. The molecule has 330 valence electrons. The second kappa shape index (κ2) is 16.8. The summed E-state index contributed by atoms with van der Waals surface area (Å²) in [6, 6.07) is 16.8. The molecule has 0 unspecified atom stereocenters. The van der Waals surface area contributed by atoms with E-state index in [2.05, 4.69) is 25.4 Å². The summed E-state index contributed by atoms with van der Waals surface area (Å²) in [5, 5.41) is 20.8. The number of rotatable bonds is 8. The summed E-state index contributed by atoms with van der Waals surface area (Å²) >= 11 is 0. The summed E-state index contributed by atoms with van der Waals surface area (Å²) in [4.78, 5) is 49.1. The molecule has 0 saturated carbocycles. The normalized spacial score (nSPS) is 20.3. The molecular weight excluding hydrogens is 821 g/mol. The summed E-state index contributed by atoms with van der Waals surface area (Å²) in [7, 11) is 0. The van der Waals surface area contributed by atoms with Crippen molar-refractivity contribution >= 4 is 46.1 Å². The van der Waals surface area contributed by atoms with Crippen LogP contribution in [0.2, 0.25) is 0 Å². The predicted molar refractivity (Wildman–Crippen MR) is 228 cm³/mol. The number of nitrogens with zero attached hydrogens (tertiary/aromatic N) is 8. The number of carbonyl (C=O) groups excluding carboxylic acids is 3. The van der Waals surface area contributed by atoms with Gasteiger partial charge in [-0.25, -0.2) is 14.2 Å². The number of phenols is 1. The van der Waals surface area contributed by atoms with Crippen molar-refractivity contribution in [3.63, 3.8) is 0 Å². The lowest BCUT2D eigenvalue weighted by Crippen LogP contribution is -2.51. The first-order valence-corrected chi connectivity index (χ1v) is 21.4. The molecule has 4 aliphatic rings. The number of aromatic hydroxyl groups is 1. The first kappa shape index (κ1) is 42.0. The molecular formula is C45H48F4N10O4. The molecule has 9 rings (SSSR count). The van der Waals surface area contributed by atoms with Crippen molar-refractivity contribution in [3.8, 4) is 17.0 Å². The summed E-state index contributed by atoms with van der Waals surface area (Å²) in [5.41, 5.74) is 7.75. The number of likely N-dealkylation sites (tertiary alicyclic amines) is 2. The van der Waals surface area contributed by atoms with Crippen molar-refractivity contribution in [3.05, 3.63) is 89.7 Å². The number of imide groups is 1. The largest absolute Gasteiger partial charge is 0.507 e. The number of anilines is 3. The molecule has 0 aliphatic carbocycles. The third kappa shape index (κ3) is 8.60. The Kier molecular flexibility index (Phi) is 11.2. The lowest BCUT2D eigenvalue weighted by Gasteiger charge is -2.41. The van der Waals surface area contributed by atoms with Crippen molar-refractivity contribution in [2.45, 2.75) is 68.8 Å². The van der Waals surface area contributed by atoms with Gasteiger partial charge in [-0.2, -0.15) is 13.2 Å². The molecule has 2 aromatic carbocycles. The average molecular weight is 869 g/mol. The highest BCUT2D eigenvalue weighted by Gasteiger charge is 2.40. The standard InChI is InChI=1S/C45H48F4N10O4/c46-44(27-55-17-11-31(12-18-55)59-26-35(45(47,48)49)34-22-32(24-51-41(34)59)58-19-13-39(61)52-43(58)63)14-20-56(21-15-44)42(62)29-9-7-28(8-10-29)30-4-3-16-57(25-30)37-23-36(53-54-40(37)50)33-5-1-2-6-38(33)60/h1-2,5-10,22-24,26,30-31,60H,3-4,11-21,25,27H2,(H2,50,54)(H,52,61,63)/t30-/m0/s1. The minimum absolute atomic E-state index is 0.0262. The van der Waals surface area contributed by atoms with E-state index in [9.17, 15) is 32.7 Å². The second-order valence-electron chi connectivity index (χ2n) is 17.1. The number of pyridine rings is 1. The molecule has 4 amide bonds. The number of urea groups is 1. The highest BCUT2D eigenvalue weighted by Crippen LogP contribution is 2.41. The number of carbonyl (C=O) groups is 3. The number of aromatic nitrogens is 4. The molecule has 1 atom stereocenters. The number of nitrogen functional groups attached to an aromatic ring is 1. The van der Waals surface area contributed by atoms with Gasteiger partial charge in [0.25, 0.3) is 5.91 Å². The van der Waals surface area contributed by atoms with Crippen LogP contribution in [0.1, 0.15) is 78.4 Å². The number of alkyl halides is 4. The van der Waals surface area contributed by atoms with E-state index in [0.29, 0.717) is 55.1 Å². The van der Waals surface area contributed by atoms with Crippen molar-refractivity contribution in [1.82, 2.24) is 34.9 Å². The average Bonchev–Trinajstić information content (AvgIpc) is 3.67. The SMILES string of the molecule is Nc1nnc(-c2ccccc2O)cc1N1CCC[C@H](c2ccc(C(=O)N3CCC(F)(CN4CCC(n5cc(C(F)(F)F)c6cc(N7CCC(=O)NC7=O)cnc65)CC4)CC3)cc2)C1. The highest BCUT2D eigenvalue weighted by atomic mass is 19.4. The Morgan fingerprint density at radius 2 is 1.68 bits per heavy atom. The Morgan fingerprint density at radius 3 is 2.40 bits per heavy atom. The van der Waals surface area contributed by atoms with Crippen molar-refractivity contribution in [2.75, 3.05) is 67.9 Å². The van der Waals surface area contributed by atoms with Crippen molar-refractivity contribution in [1.29, 1.82) is 0 Å². The molecule has 5 aromatic rings. The Labute approximate surface area is 360 Å². The number of hydrogen-bond acceptors (Lipinski definition) is 10. The van der Waals surface area contributed by atoms with E-state index in [1.54, 1.807) is 27.7 Å². The molecule has 63 heavy (non-hydrogen) atoms. The number of benzene rings is 2. The Morgan fingerprint density at radius 1 is 0.937 bits per heavy atom. The van der Waals surface area contributed by atoms with Gasteiger partial charge in [-0.05, 0) is 67.6 Å². The molecule has 4 aliphatic heterocycles. The number of amides is 4. The smallest absolute Gasteiger partial charge is 0.418 e. The van der Waals surface area contributed by atoms with Gasteiger partial charge in [0.05, 0.1) is 28.8 Å². The highest BCUT2D eigenvalue weighted by molar-refractivity contribution is 6.06. The van der Waals surface area contributed by atoms with Crippen LogP contribution in [0.5, 0.6) is 5.75 Å². The van der Waals surface area contributed by atoms with Crippen LogP contribution < -0.4 is 20.9 Å². The zero-order valence-corrected chi connectivity index (χ0v) is 34.5. The van der Waals surface area contributed by atoms with E-state index >= 15 is 4.39 Å². The van der Waals surface area contributed by atoms with Gasteiger partial charge < -0.3 is 30.1 Å². The van der Waals surface area contributed by atoms with Gasteiger partial charge in [-0.1, -0.05) is 24.3 Å². The van der Waals surface area contributed by atoms with E-state index in [-0.39, 0.29) is 85.8 Å². The Bertz CT molecular complexity index is 2530. The van der Waals surface area contributed by atoms with Crippen molar-refractivity contribution < 1.29 is 37.1 Å². The maximum atomic E-state index is 16.4. The van der Waals surface area contributed by atoms with E-state index in [0.717, 1.165) is 36.8 Å². The Balaban J connectivity index is 0.785.